The van der Waals surface area contributed by atoms with E-state index in [1.807, 2.05) is 0 Å². The molecule has 5 rings (SSSR count). The van der Waals surface area contributed by atoms with Gasteiger partial charge in [-0.05, 0) is 97.3 Å². The van der Waals surface area contributed by atoms with Crippen molar-refractivity contribution in [2.75, 3.05) is 13.2 Å². The number of hydrogen-bond acceptors (Lipinski definition) is 3. The van der Waals surface area contributed by atoms with Crippen LogP contribution in [0.1, 0.15) is 88.2 Å². The first kappa shape index (κ1) is 18.9. The van der Waals surface area contributed by atoms with Crippen molar-refractivity contribution in [2.24, 2.45) is 23.2 Å². The summed E-state index contributed by atoms with van der Waals surface area (Å²) in [6.07, 6.45) is 9.76. The van der Waals surface area contributed by atoms with E-state index in [1.54, 1.807) is 0 Å². The van der Waals surface area contributed by atoms with Crippen molar-refractivity contribution in [1.29, 1.82) is 0 Å². The molecule has 1 saturated heterocycles. The maximum Gasteiger partial charge on any atom is 0.199 e. The molecule has 5 unspecified atom stereocenters. The first-order valence-corrected chi connectivity index (χ1v) is 11.6. The second-order valence-electron chi connectivity index (χ2n) is 10.2. The number of ether oxygens (including phenoxy) is 2. The van der Waals surface area contributed by atoms with Crippen molar-refractivity contribution >= 4 is 0 Å². The molecule has 0 spiro atoms. The molecule has 0 aromatic heterocycles. The molecular weight excluding hydrogens is 348 g/mol. The maximum atomic E-state index is 10.2. The Morgan fingerprint density at radius 2 is 2.04 bits per heavy atom. The lowest BCUT2D eigenvalue weighted by atomic mass is 9.53. The van der Waals surface area contributed by atoms with Crippen molar-refractivity contribution in [2.45, 2.75) is 83.3 Å². The fourth-order valence-corrected chi connectivity index (χ4v) is 7.17. The lowest BCUT2D eigenvalue weighted by molar-refractivity contribution is -0.105. The van der Waals surface area contributed by atoms with Crippen LogP contribution in [0.5, 0.6) is 5.75 Å². The van der Waals surface area contributed by atoms with Crippen molar-refractivity contribution in [3.05, 3.63) is 29.3 Å². The Labute approximate surface area is 169 Å². The van der Waals surface area contributed by atoms with E-state index in [-0.39, 0.29) is 18.8 Å². The van der Waals surface area contributed by atoms with E-state index >= 15 is 0 Å². The van der Waals surface area contributed by atoms with Gasteiger partial charge in [0.15, 0.2) is 6.29 Å². The molecule has 3 aliphatic carbocycles. The minimum atomic E-state index is -0.105. The van der Waals surface area contributed by atoms with Gasteiger partial charge in [0, 0.05) is 18.9 Å². The molecule has 1 aliphatic heterocycles. The summed E-state index contributed by atoms with van der Waals surface area (Å²) in [4.78, 5) is 0. The maximum absolute atomic E-state index is 10.2. The highest BCUT2D eigenvalue weighted by Crippen LogP contribution is 2.64. The number of rotatable bonds is 3. The topological polar surface area (TPSA) is 38.7 Å². The highest BCUT2D eigenvalue weighted by Gasteiger charge is 2.54. The molecule has 1 heterocycles. The molecule has 2 saturated carbocycles. The molecule has 0 amide bonds. The number of aliphatic hydroxyl groups is 1. The van der Waals surface area contributed by atoms with Gasteiger partial charge in [0.05, 0.1) is 6.61 Å². The van der Waals surface area contributed by atoms with Gasteiger partial charge in [-0.3, -0.25) is 0 Å². The van der Waals surface area contributed by atoms with Crippen molar-refractivity contribution in [3.8, 4) is 5.75 Å². The molecular formula is C25H36O3. The minimum absolute atomic E-state index is 0.105. The summed E-state index contributed by atoms with van der Waals surface area (Å²) in [5.74, 6) is 4.25. The van der Waals surface area contributed by atoms with E-state index in [9.17, 15) is 5.11 Å². The monoisotopic (exact) mass is 384 g/mol. The summed E-state index contributed by atoms with van der Waals surface area (Å²) in [6.45, 7) is 6.07. The van der Waals surface area contributed by atoms with E-state index in [0.29, 0.717) is 11.3 Å². The van der Waals surface area contributed by atoms with E-state index in [1.165, 1.54) is 43.2 Å². The van der Waals surface area contributed by atoms with Gasteiger partial charge in [0.2, 0.25) is 0 Å². The average Bonchev–Trinajstić information content (AvgIpc) is 3.03. The van der Waals surface area contributed by atoms with Crippen molar-refractivity contribution < 1.29 is 14.6 Å². The second-order valence-corrected chi connectivity index (χ2v) is 10.2. The molecule has 1 aromatic carbocycles. The second kappa shape index (κ2) is 7.32. The predicted molar refractivity (Wildman–Crippen MR) is 111 cm³/mol. The average molecular weight is 385 g/mol. The van der Waals surface area contributed by atoms with Crippen LogP contribution in [0.15, 0.2) is 18.2 Å². The Morgan fingerprint density at radius 3 is 2.82 bits per heavy atom. The van der Waals surface area contributed by atoms with Crippen molar-refractivity contribution in [3.63, 3.8) is 0 Å². The smallest absolute Gasteiger partial charge is 0.199 e. The van der Waals surface area contributed by atoms with E-state index in [0.717, 1.165) is 49.4 Å². The van der Waals surface area contributed by atoms with Gasteiger partial charge in [0.25, 0.3) is 0 Å². The van der Waals surface area contributed by atoms with Crippen LogP contribution in [0.25, 0.3) is 0 Å². The number of hydrogen-bond donors (Lipinski definition) is 1. The third-order valence-corrected chi connectivity index (χ3v) is 8.99. The van der Waals surface area contributed by atoms with Crippen LogP contribution in [0.2, 0.25) is 0 Å². The number of aliphatic hydroxyl groups excluding tert-OH is 1. The van der Waals surface area contributed by atoms with Crippen LogP contribution in [-0.4, -0.2) is 24.6 Å². The Hall–Kier alpha value is -1.06. The normalized spacial score (nSPS) is 42.4. The van der Waals surface area contributed by atoms with Crippen LogP contribution in [0, 0.1) is 23.2 Å². The summed E-state index contributed by atoms with van der Waals surface area (Å²) < 4.78 is 11.9. The molecule has 28 heavy (non-hydrogen) atoms. The number of benzene rings is 1. The molecule has 1 N–H and O–H groups in total. The zero-order valence-electron chi connectivity index (χ0n) is 17.5. The van der Waals surface area contributed by atoms with Gasteiger partial charge >= 0.3 is 0 Å². The third kappa shape index (κ3) is 3.01. The Kier molecular flexibility index (Phi) is 4.95. The molecule has 3 nitrogen and oxygen atoms in total. The molecule has 3 heteroatoms. The molecule has 3 fully saturated rings. The zero-order valence-corrected chi connectivity index (χ0v) is 17.5. The third-order valence-electron chi connectivity index (χ3n) is 8.99. The quantitative estimate of drug-likeness (QED) is 0.735. The molecule has 154 valence electrons. The number of fused-ring (bicyclic) bond motifs is 5. The van der Waals surface area contributed by atoms with Gasteiger partial charge in [-0.15, -0.1) is 0 Å². The minimum Gasteiger partial charge on any atom is -0.465 e. The van der Waals surface area contributed by atoms with E-state index < -0.39 is 0 Å². The standard InChI is InChI=1S/C25H36O3/c1-16-6-9-23-22-13-17(15-26)21-14-18(28-24-5-3-4-12-27-24)7-8-19(21)20(22)10-11-25(16,23)2/h7-8,14,16-17,20,22-24,26H,3-6,9-13,15H2,1-2H3/t16-,17?,20?,22?,23?,24?,25+/m0/s1. The predicted octanol–water partition coefficient (Wildman–Crippen LogP) is 5.62. The molecule has 1 aromatic rings. The van der Waals surface area contributed by atoms with Crippen LogP contribution < -0.4 is 4.74 Å². The molecule has 0 bridgehead atoms. The van der Waals surface area contributed by atoms with Gasteiger partial charge < -0.3 is 14.6 Å². The summed E-state index contributed by atoms with van der Waals surface area (Å²) >= 11 is 0. The van der Waals surface area contributed by atoms with Crippen LogP contribution in [0.3, 0.4) is 0 Å². The van der Waals surface area contributed by atoms with E-state index in [4.69, 9.17) is 9.47 Å². The first-order valence-electron chi connectivity index (χ1n) is 11.6. The Bertz CT molecular complexity index is 710. The Balaban J connectivity index is 1.43. The lowest BCUT2D eigenvalue weighted by Crippen LogP contribution is -2.42. The van der Waals surface area contributed by atoms with Crippen molar-refractivity contribution in [1.82, 2.24) is 0 Å². The molecule has 7 atom stereocenters. The van der Waals surface area contributed by atoms with Crippen LogP contribution in [-0.2, 0) is 4.74 Å². The Morgan fingerprint density at radius 1 is 1.14 bits per heavy atom. The summed E-state index contributed by atoms with van der Waals surface area (Å²) in [6, 6.07) is 6.68. The highest BCUT2D eigenvalue weighted by molar-refractivity contribution is 5.43. The zero-order chi connectivity index (χ0) is 19.3. The summed E-state index contributed by atoms with van der Waals surface area (Å²) in [5.41, 5.74) is 3.35. The van der Waals surface area contributed by atoms with Crippen LogP contribution >= 0.6 is 0 Å². The highest BCUT2D eigenvalue weighted by atomic mass is 16.7. The molecule has 4 aliphatic rings. The van der Waals surface area contributed by atoms with Gasteiger partial charge in [-0.25, -0.2) is 0 Å². The van der Waals surface area contributed by atoms with E-state index in [2.05, 4.69) is 32.0 Å². The summed E-state index contributed by atoms with van der Waals surface area (Å²) in [7, 11) is 0. The van der Waals surface area contributed by atoms with Gasteiger partial charge in [-0.2, -0.15) is 0 Å². The van der Waals surface area contributed by atoms with Crippen LogP contribution in [0.4, 0.5) is 0 Å². The first-order chi connectivity index (χ1) is 13.6. The SMILES string of the molecule is C[C@H]1CCC2C3CC(CO)c4cc(OC5CCCCO5)ccc4C3CC[C@@]21C. The molecule has 0 radical (unpaired) electrons. The van der Waals surface area contributed by atoms with Gasteiger partial charge in [-0.1, -0.05) is 19.9 Å². The largest absolute Gasteiger partial charge is 0.465 e. The lowest BCUT2D eigenvalue weighted by Gasteiger charge is -2.52. The summed E-state index contributed by atoms with van der Waals surface area (Å²) in [5, 5.41) is 10.2. The fraction of sp³-hybridized carbons (Fsp3) is 0.760. The van der Waals surface area contributed by atoms with Gasteiger partial charge in [0.1, 0.15) is 5.75 Å². The fourth-order valence-electron chi connectivity index (χ4n) is 7.17.